The summed E-state index contributed by atoms with van der Waals surface area (Å²) < 4.78 is 11.7. The second kappa shape index (κ2) is 4.84. The fraction of sp³-hybridized carbons (Fsp3) is 0.611. The smallest absolute Gasteiger partial charge is 0.168 e. The van der Waals surface area contributed by atoms with Crippen LogP contribution < -0.4 is 4.74 Å². The predicted molar refractivity (Wildman–Crippen MR) is 81.8 cm³/mol. The Labute approximate surface area is 126 Å². The van der Waals surface area contributed by atoms with Gasteiger partial charge in [0.05, 0.1) is 18.1 Å². The van der Waals surface area contributed by atoms with Gasteiger partial charge < -0.3 is 9.47 Å². The molecule has 3 rings (SSSR count). The minimum atomic E-state index is -0.171. The van der Waals surface area contributed by atoms with Crippen molar-refractivity contribution in [1.82, 2.24) is 0 Å². The lowest BCUT2D eigenvalue weighted by Crippen LogP contribution is -2.27. The van der Waals surface area contributed by atoms with Gasteiger partial charge in [0.15, 0.2) is 5.78 Å². The van der Waals surface area contributed by atoms with Crippen LogP contribution in [0.4, 0.5) is 0 Å². The number of carbonyl (C=O) groups is 1. The van der Waals surface area contributed by atoms with E-state index in [1.54, 1.807) is 0 Å². The van der Waals surface area contributed by atoms with Gasteiger partial charge in [-0.2, -0.15) is 0 Å². The highest BCUT2D eigenvalue weighted by atomic mass is 16.5. The second-order valence-electron chi connectivity index (χ2n) is 7.16. The number of ketones is 1. The molecule has 21 heavy (non-hydrogen) atoms. The van der Waals surface area contributed by atoms with Crippen molar-refractivity contribution in [3.05, 3.63) is 29.3 Å². The SMILES string of the molecule is CC1OC(C)C(C(=O)c2ccc3c(c2)CC(C)(C)O3)C1C. The Hall–Kier alpha value is -1.35. The zero-order valence-corrected chi connectivity index (χ0v) is 13.5. The van der Waals surface area contributed by atoms with E-state index in [-0.39, 0.29) is 35.4 Å². The first-order chi connectivity index (χ1) is 9.78. The molecule has 3 nitrogen and oxygen atoms in total. The van der Waals surface area contributed by atoms with E-state index >= 15 is 0 Å². The molecular formula is C18H24O3. The number of carbonyl (C=O) groups excluding carboxylic acids is 1. The Balaban J connectivity index is 1.87. The number of hydrogen-bond acceptors (Lipinski definition) is 3. The highest BCUT2D eigenvalue weighted by Crippen LogP contribution is 2.38. The quantitative estimate of drug-likeness (QED) is 0.779. The van der Waals surface area contributed by atoms with Crippen LogP contribution in [0.2, 0.25) is 0 Å². The lowest BCUT2D eigenvalue weighted by molar-refractivity contribution is 0.0491. The van der Waals surface area contributed by atoms with E-state index in [9.17, 15) is 4.79 Å². The normalized spacial score (nSPS) is 33.6. The summed E-state index contributed by atoms with van der Waals surface area (Å²) >= 11 is 0. The molecule has 2 heterocycles. The molecule has 0 aliphatic carbocycles. The van der Waals surface area contributed by atoms with Gasteiger partial charge in [0, 0.05) is 12.0 Å². The summed E-state index contributed by atoms with van der Waals surface area (Å²) in [6.07, 6.45) is 0.987. The van der Waals surface area contributed by atoms with Crippen LogP contribution in [0.5, 0.6) is 5.75 Å². The van der Waals surface area contributed by atoms with Gasteiger partial charge in [-0.25, -0.2) is 0 Å². The Morgan fingerprint density at radius 3 is 2.52 bits per heavy atom. The molecule has 0 saturated carbocycles. The Bertz CT molecular complexity index is 576. The summed E-state index contributed by atoms with van der Waals surface area (Å²) in [4.78, 5) is 12.9. The van der Waals surface area contributed by atoms with E-state index in [2.05, 4.69) is 20.8 Å². The van der Waals surface area contributed by atoms with Gasteiger partial charge in [-0.1, -0.05) is 6.92 Å². The summed E-state index contributed by atoms with van der Waals surface area (Å²) in [7, 11) is 0. The van der Waals surface area contributed by atoms with Crippen LogP contribution in [-0.2, 0) is 11.2 Å². The molecule has 0 bridgehead atoms. The fourth-order valence-corrected chi connectivity index (χ4v) is 3.67. The van der Waals surface area contributed by atoms with E-state index in [0.29, 0.717) is 0 Å². The van der Waals surface area contributed by atoms with Crippen molar-refractivity contribution in [1.29, 1.82) is 0 Å². The van der Waals surface area contributed by atoms with Crippen molar-refractivity contribution < 1.29 is 14.3 Å². The van der Waals surface area contributed by atoms with E-state index in [1.807, 2.05) is 32.0 Å². The van der Waals surface area contributed by atoms with Crippen molar-refractivity contribution in [2.75, 3.05) is 0 Å². The van der Waals surface area contributed by atoms with Gasteiger partial charge in [-0.05, 0) is 57.4 Å². The van der Waals surface area contributed by atoms with Gasteiger partial charge in [-0.3, -0.25) is 4.79 Å². The molecule has 3 heteroatoms. The molecule has 0 spiro atoms. The van der Waals surface area contributed by atoms with Gasteiger partial charge in [0.25, 0.3) is 0 Å². The van der Waals surface area contributed by atoms with Gasteiger partial charge in [0.2, 0.25) is 0 Å². The average molecular weight is 288 g/mol. The van der Waals surface area contributed by atoms with Crippen LogP contribution in [0, 0.1) is 11.8 Å². The first-order valence-electron chi connectivity index (χ1n) is 7.80. The maximum absolute atomic E-state index is 12.9. The number of ether oxygens (including phenoxy) is 2. The second-order valence-corrected chi connectivity index (χ2v) is 7.16. The Kier molecular flexibility index (Phi) is 3.36. The molecule has 0 amide bonds. The molecule has 1 saturated heterocycles. The topological polar surface area (TPSA) is 35.5 Å². The largest absolute Gasteiger partial charge is 0.487 e. The minimum absolute atomic E-state index is 0.0107. The zero-order chi connectivity index (χ0) is 15.4. The van der Waals surface area contributed by atoms with Gasteiger partial charge in [0.1, 0.15) is 11.4 Å². The van der Waals surface area contributed by atoms with Gasteiger partial charge >= 0.3 is 0 Å². The lowest BCUT2D eigenvalue weighted by Gasteiger charge is -2.17. The molecule has 2 aliphatic heterocycles. The van der Waals surface area contributed by atoms with Crippen LogP contribution in [-0.4, -0.2) is 23.6 Å². The van der Waals surface area contributed by atoms with Crippen LogP contribution in [0.3, 0.4) is 0 Å². The molecule has 4 atom stereocenters. The van der Waals surface area contributed by atoms with Crippen molar-refractivity contribution in [3.63, 3.8) is 0 Å². The Morgan fingerprint density at radius 1 is 1.19 bits per heavy atom. The van der Waals surface area contributed by atoms with Gasteiger partial charge in [-0.15, -0.1) is 0 Å². The molecule has 0 aromatic heterocycles. The highest BCUT2D eigenvalue weighted by Gasteiger charge is 2.42. The average Bonchev–Trinajstić information content (AvgIpc) is 2.83. The number of hydrogen-bond donors (Lipinski definition) is 0. The monoisotopic (exact) mass is 288 g/mol. The molecule has 0 N–H and O–H groups in total. The van der Waals surface area contributed by atoms with E-state index < -0.39 is 0 Å². The molecule has 114 valence electrons. The van der Waals surface area contributed by atoms with Crippen LogP contribution in [0.1, 0.15) is 50.5 Å². The number of benzene rings is 1. The first kappa shape index (κ1) is 14.6. The van der Waals surface area contributed by atoms with Crippen LogP contribution in [0.25, 0.3) is 0 Å². The van der Waals surface area contributed by atoms with Crippen molar-refractivity contribution >= 4 is 5.78 Å². The minimum Gasteiger partial charge on any atom is -0.487 e. The van der Waals surface area contributed by atoms with Crippen molar-refractivity contribution in [2.45, 2.75) is 58.8 Å². The molecule has 0 radical (unpaired) electrons. The van der Waals surface area contributed by atoms with Crippen LogP contribution >= 0.6 is 0 Å². The summed E-state index contributed by atoms with van der Waals surface area (Å²) in [5.41, 5.74) is 1.75. The maximum atomic E-state index is 12.9. The number of Topliss-reactive ketones (excluding diaryl/α,β-unsaturated/α-hetero) is 1. The highest BCUT2D eigenvalue weighted by molar-refractivity contribution is 5.99. The van der Waals surface area contributed by atoms with Crippen molar-refractivity contribution in [2.24, 2.45) is 11.8 Å². The summed E-state index contributed by atoms with van der Waals surface area (Å²) in [6.45, 7) is 10.3. The summed E-state index contributed by atoms with van der Waals surface area (Å²) in [5.74, 6) is 1.32. The standard InChI is InChI=1S/C18H24O3/c1-10-11(2)20-12(3)16(10)17(19)13-6-7-15-14(8-13)9-18(4,5)21-15/h6-8,10-12,16H,9H2,1-5H3. The number of fused-ring (bicyclic) bond motifs is 1. The molecule has 1 fully saturated rings. The summed E-state index contributed by atoms with van der Waals surface area (Å²) in [6, 6.07) is 5.84. The third-order valence-corrected chi connectivity index (χ3v) is 4.89. The molecular weight excluding hydrogens is 264 g/mol. The molecule has 1 aromatic carbocycles. The molecule has 1 aromatic rings. The Morgan fingerprint density at radius 2 is 1.90 bits per heavy atom. The number of rotatable bonds is 2. The van der Waals surface area contributed by atoms with Crippen LogP contribution in [0.15, 0.2) is 18.2 Å². The maximum Gasteiger partial charge on any atom is 0.168 e. The molecule has 2 aliphatic rings. The summed E-state index contributed by atoms with van der Waals surface area (Å²) in [5, 5.41) is 0. The van der Waals surface area contributed by atoms with E-state index in [1.165, 1.54) is 0 Å². The first-order valence-corrected chi connectivity index (χ1v) is 7.80. The van der Waals surface area contributed by atoms with E-state index in [0.717, 1.165) is 23.3 Å². The third kappa shape index (κ3) is 2.48. The molecule has 4 unspecified atom stereocenters. The third-order valence-electron chi connectivity index (χ3n) is 4.89. The zero-order valence-electron chi connectivity index (χ0n) is 13.5. The predicted octanol–water partition coefficient (Wildman–Crippen LogP) is 3.64. The van der Waals surface area contributed by atoms with Crippen molar-refractivity contribution in [3.8, 4) is 5.75 Å². The van der Waals surface area contributed by atoms with E-state index in [4.69, 9.17) is 9.47 Å². The lowest BCUT2D eigenvalue weighted by atomic mass is 9.83. The fourth-order valence-electron chi connectivity index (χ4n) is 3.67.